The Hall–Kier alpha value is -1.46. The van der Waals surface area contributed by atoms with Crippen LogP contribution in [0.25, 0.3) is 0 Å². The van der Waals surface area contributed by atoms with E-state index in [0.29, 0.717) is 11.1 Å². The van der Waals surface area contributed by atoms with Gasteiger partial charge >= 0.3 is 0 Å². The molecule has 1 aromatic carbocycles. The standard InChI is InChI=1S/C13H18FNO3/c1-8-5-10(7-11(14)6-8)13(18)12(17)3-4-15-9(2)16/h5-7,12-13,17-18H,3-4H2,1-2H3,(H,15,16). The molecule has 0 fully saturated rings. The van der Waals surface area contributed by atoms with Gasteiger partial charge in [0.05, 0.1) is 6.10 Å². The van der Waals surface area contributed by atoms with Crippen LogP contribution in [0.1, 0.15) is 30.6 Å². The number of aryl methyl sites for hydroxylation is 1. The van der Waals surface area contributed by atoms with Crippen molar-refractivity contribution >= 4 is 5.91 Å². The number of benzene rings is 1. The largest absolute Gasteiger partial charge is 0.390 e. The summed E-state index contributed by atoms with van der Waals surface area (Å²) in [4.78, 5) is 10.6. The quantitative estimate of drug-likeness (QED) is 0.736. The van der Waals surface area contributed by atoms with Crippen LogP contribution in [0.4, 0.5) is 4.39 Å². The third kappa shape index (κ3) is 4.43. The second kappa shape index (κ2) is 6.47. The van der Waals surface area contributed by atoms with Gasteiger partial charge in [0.15, 0.2) is 0 Å². The molecule has 4 nitrogen and oxygen atoms in total. The lowest BCUT2D eigenvalue weighted by Gasteiger charge is -2.18. The highest BCUT2D eigenvalue weighted by atomic mass is 19.1. The minimum Gasteiger partial charge on any atom is -0.390 e. The van der Waals surface area contributed by atoms with E-state index in [-0.39, 0.29) is 18.9 Å². The zero-order valence-electron chi connectivity index (χ0n) is 10.5. The van der Waals surface area contributed by atoms with Crippen molar-refractivity contribution in [1.29, 1.82) is 0 Å². The maximum absolute atomic E-state index is 13.2. The lowest BCUT2D eigenvalue weighted by atomic mass is 10.0. The van der Waals surface area contributed by atoms with Crippen molar-refractivity contribution in [3.05, 3.63) is 35.1 Å². The van der Waals surface area contributed by atoms with Crippen LogP contribution in [0, 0.1) is 12.7 Å². The average molecular weight is 255 g/mol. The monoisotopic (exact) mass is 255 g/mol. The SMILES string of the molecule is CC(=O)NCCC(O)C(O)c1cc(C)cc(F)c1. The van der Waals surface area contributed by atoms with Gasteiger partial charge in [-0.2, -0.15) is 0 Å². The summed E-state index contributed by atoms with van der Waals surface area (Å²) in [6, 6.07) is 4.16. The van der Waals surface area contributed by atoms with Crippen LogP contribution < -0.4 is 5.32 Å². The summed E-state index contributed by atoms with van der Waals surface area (Å²) < 4.78 is 13.2. The van der Waals surface area contributed by atoms with Gasteiger partial charge in [-0.1, -0.05) is 6.07 Å². The highest BCUT2D eigenvalue weighted by molar-refractivity contribution is 5.72. The van der Waals surface area contributed by atoms with E-state index in [4.69, 9.17) is 0 Å². The Morgan fingerprint density at radius 2 is 2.06 bits per heavy atom. The van der Waals surface area contributed by atoms with Crippen LogP contribution in [-0.4, -0.2) is 28.8 Å². The molecule has 5 heteroatoms. The lowest BCUT2D eigenvalue weighted by Crippen LogP contribution is -2.27. The number of aliphatic hydroxyl groups is 2. The molecular formula is C13H18FNO3. The number of aliphatic hydroxyl groups excluding tert-OH is 2. The molecule has 3 N–H and O–H groups in total. The molecule has 1 amide bonds. The number of carbonyl (C=O) groups excluding carboxylic acids is 1. The molecule has 2 atom stereocenters. The molecule has 0 aliphatic rings. The molecule has 0 spiro atoms. The van der Waals surface area contributed by atoms with Crippen molar-refractivity contribution in [3.8, 4) is 0 Å². The Balaban J connectivity index is 2.62. The second-order valence-electron chi connectivity index (χ2n) is 4.35. The number of amides is 1. The Kier molecular flexibility index (Phi) is 5.25. The molecule has 0 bridgehead atoms. The second-order valence-corrected chi connectivity index (χ2v) is 4.35. The first-order valence-corrected chi connectivity index (χ1v) is 5.78. The zero-order chi connectivity index (χ0) is 13.7. The van der Waals surface area contributed by atoms with Crippen molar-refractivity contribution in [2.75, 3.05) is 6.54 Å². The lowest BCUT2D eigenvalue weighted by molar-refractivity contribution is -0.119. The van der Waals surface area contributed by atoms with Crippen molar-refractivity contribution in [3.63, 3.8) is 0 Å². The van der Waals surface area contributed by atoms with Crippen LogP contribution >= 0.6 is 0 Å². The number of rotatable bonds is 5. The van der Waals surface area contributed by atoms with E-state index < -0.39 is 18.0 Å². The first-order valence-electron chi connectivity index (χ1n) is 5.78. The molecule has 0 saturated heterocycles. The topological polar surface area (TPSA) is 69.6 Å². The van der Waals surface area contributed by atoms with E-state index in [2.05, 4.69) is 5.32 Å². The molecule has 100 valence electrons. The van der Waals surface area contributed by atoms with Gasteiger partial charge in [0.2, 0.25) is 5.91 Å². The van der Waals surface area contributed by atoms with Crippen LogP contribution in [0.5, 0.6) is 0 Å². The van der Waals surface area contributed by atoms with E-state index in [1.165, 1.54) is 19.1 Å². The Morgan fingerprint density at radius 3 is 2.61 bits per heavy atom. The van der Waals surface area contributed by atoms with E-state index in [1.54, 1.807) is 13.0 Å². The number of hydrogen-bond acceptors (Lipinski definition) is 3. The molecule has 0 aliphatic carbocycles. The fourth-order valence-corrected chi connectivity index (χ4v) is 1.71. The summed E-state index contributed by atoms with van der Waals surface area (Å²) in [5.74, 6) is -0.642. The number of carbonyl (C=O) groups is 1. The van der Waals surface area contributed by atoms with Crippen molar-refractivity contribution < 1.29 is 19.4 Å². The van der Waals surface area contributed by atoms with E-state index in [1.807, 2.05) is 0 Å². The molecular weight excluding hydrogens is 237 g/mol. The zero-order valence-corrected chi connectivity index (χ0v) is 10.5. The molecule has 18 heavy (non-hydrogen) atoms. The molecule has 1 rings (SSSR count). The average Bonchev–Trinajstić information content (AvgIpc) is 2.26. The molecule has 1 aromatic rings. The fourth-order valence-electron chi connectivity index (χ4n) is 1.71. The van der Waals surface area contributed by atoms with Gasteiger partial charge in [-0.15, -0.1) is 0 Å². The number of halogens is 1. The van der Waals surface area contributed by atoms with Gasteiger partial charge in [-0.3, -0.25) is 4.79 Å². The molecule has 0 saturated carbocycles. The molecule has 0 heterocycles. The van der Waals surface area contributed by atoms with Gasteiger partial charge in [0, 0.05) is 13.5 Å². The van der Waals surface area contributed by atoms with Crippen LogP contribution in [0.15, 0.2) is 18.2 Å². The van der Waals surface area contributed by atoms with Gasteiger partial charge in [0.1, 0.15) is 11.9 Å². The maximum atomic E-state index is 13.2. The Morgan fingerprint density at radius 1 is 1.39 bits per heavy atom. The van der Waals surface area contributed by atoms with Gasteiger partial charge in [-0.25, -0.2) is 4.39 Å². The Bertz CT molecular complexity index is 402. The van der Waals surface area contributed by atoms with E-state index in [9.17, 15) is 19.4 Å². The number of hydrogen-bond donors (Lipinski definition) is 3. The molecule has 0 aromatic heterocycles. The number of nitrogens with one attached hydrogen (secondary N) is 1. The summed E-state index contributed by atoms with van der Waals surface area (Å²) in [5.41, 5.74) is 1.01. The third-order valence-corrected chi connectivity index (χ3v) is 2.58. The predicted octanol–water partition coefficient (Wildman–Crippen LogP) is 1.05. The normalized spacial score (nSPS) is 14.1. The van der Waals surface area contributed by atoms with Crippen molar-refractivity contribution in [1.82, 2.24) is 5.32 Å². The Labute approximate surface area is 105 Å². The predicted molar refractivity (Wildman–Crippen MR) is 65.4 cm³/mol. The van der Waals surface area contributed by atoms with Crippen LogP contribution in [-0.2, 0) is 4.79 Å². The first-order chi connectivity index (χ1) is 8.40. The highest BCUT2D eigenvalue weighted by Crippen LogP contribution is 2.21. The van der Waals surface area contributed by atoms with Gasteiger partial charge in [-0.05, 0) is 36.6 Å². The fraction of sp³-hybridized carbons (Fsp3) is 0.462. The summed E-state index contributed by atoms with van der Waals surface area (Å²) in [6.45, 7) is 3.35. The molecule has 0 aliphatic heterocycles. The van der Waals surface area contributed by atoms with E-state index >= 15 is 0 Å². The van der Waals surface area contributed by atoms with Crippen LogP contribution in [0.3, 0.4) is 0 Å². The summed E-state index contributed by atoms with van der Waals surface area (Å²) in [6.07, 6.45) is -2.00. The van der Waals surface area contributed by atoms with Crippen molar-refractivity contribution in [2.24, 2.45) is 0 Å². The molecule has 0 radical (unpaired) electrons. The van der Waals surface area contributed by atoms with Crippen molar-refractivity contribution in [2.45, 2.75) is 32.5 Å². The maximum Gasteiger partial charge on any atom is 0.216 e. The van der Waals surface area contributed by atoms with E-state index in [0.717, 1.165) is 0 Å². The minimum absolute atomic E-state index is 0.196. The minimum atomic E-state index is -1.16. The van der Waals surface area contributed by atoms with Gasteiger partial charge < -0.3 is 15.5 Å². The third-order valence-electron chi connectivity index (χ3n) is 2.58. The van der Waals surface area contributed by atoms with Crippen LogP contribution in [0.2, 0.25) is 0 Å². The smallest absolute Gasteiger partial charge is 0.216 e. The summed E-state index contributed by atoms with van der Waals surface area (Å²) >= 11 is 0. The van der Waals surface area contributed by atoms with Gasteiger partial charge in [0.25, 0.3) is 0 Å². The molecule has 2 unspecified atom stereocenters. The highest BCUT2D eigenvalue weighted by Gasteiger charge is 2.19. The first kappa shape index (κ1) is 14.6. The summed E-state index contributed by atoms with van der Waals surface area (Å²) in [7, 11) is 0. The summed E-state index contributed by atoms with van der Waals surface area (Å²) in [5, 5.41) is 22.1.